The molecular weight excluding hydrogens is 240 g/mol. The molecule has 3 heterocycles. The van der Waals surface area contributed by atoms with Gasteiger partial charge in [0.25, 0.3) is 0 Å². The van der Waals surface area contributed by atoms with Crippen LogP contribution < -0.4 is 5.32 Å². The van der Waals surface area contributed by atoms with Gasteiger partial charge in [-0.25, -0.2) is 0 Å². The molecule has 3 rings (SSSR count). The van der Waals surface area contributed by atoms with Gasteiger partial charge in [-0.05, 0) is 38.6 Å². The van der Waals surface area contributed by atoms with Crippen molar-refractivity contribution < 1.29 is 4.52 Å². The number of rotatable bonds is 4. The van der Waals surface area contributed by atoms with Crippen molar-refractivity contribution >= 4 is 0 Å². The zero-order chi connectivity index (χ0) is 13.5. The molecule has 5 nitrogen and oxygen atoms in total. The fraction of sp³-hybridized carbons (Fsp3) is 0.857. The maximum absolute atomic E-state index is 5.28. The Morgan fingerprint density at radius 1 is 1.42 bits per heavy atom. The first-order chi connectivity index (χ1) is 9.11. The van der Waals surface area contributed by atoms with Gasteiger partial charge in [0.2, 0.25) is 5.89 Å². The van der Waals surface area contributed by atoms with Crippen molar-refractivity contribution in [3.8, 4) is 0 Å². The van der Waals surface area contributed by atoms with Gasteiger partial charge in [0.05, 0.1) is 6.54 Å². The molecule has 0 amide bonds. The predicted octanol–water partition coefficient (Wildman–Crippen LogP) is 1.45. The molecule has 0 aliphatic carbocycles. The minimum atomic E-state index is 0.222. The Morgan fingerprint density at radius 3 is 3.00 bits per heavy atom. The van der Waals surface area contributed by atoms with Crippen LogP contribution in [-0.4, -0.2) is 40.2 Å². The third-order valence-electron chi connectivity index (χ3n) is 4.82. The molecule has 2 atom stereocenters. The minimum absolute atomic E-state index is 0.222. The van der Waals surface area contributed by atoms with E-state index in [0.29, 0.717) is 0 Å². The first kappa shape index (κ1) is 13.1. The normalized spacial score (nSPS) is 29.8. The fourth-order valence-corrected chi connectivity index (χ4v) is 3.61. The summed E-state index contributed by atoms with van der Waals surface area (Å²) < 4.78 is 5.28. The average molecular weight is 264 g/mol. The number of nitrogens with one attached hydrogen (secondary N) is 1. The van der Waals surface area contributed by atoms with Gasteiger partial charge in [0.15, 0.2) is 5.82 Å². The van der Waals surface area contributed by atoms with Crippen molar-refractivity contribution in [3.05, 3.63) is 11.7 Å². The molecule has 106 valence electrons. The largest absolute Gasteiger partial charge is 0.339 e. The number of aryl methyl sites for hydroxylation is 1. The second kappa shape index (κ2) is 4.87. The standard InChI is InChI=1S/C14H24N4O/c1-4-5-13-16-12(17-19-13)9-18-8-10-6-15-7-11(10)14(18,2)3/h10-11,15H,4-9H2,1-3H3. The molecule has 5 heteroatoms. The van der Waals surface area contributed by atoms with Crippen LogP contribution in [0.5, 0.6) is 0 Å². The highest BCUT2D eigenvalue weighted by Crippen LogP contribution is 2.40. The van der Waals surface area contributed by atoms with Crippen molar-refractivity contribution in [3.63, 3.8) is 0 Å². The molecule has 1 aromatic heterocycles. The number of aromatic nitrogens is 2. The van der Waals surface area contributed by atoms with Crippen LogP contribution >= 0.6 is 0 Å². The van der Waals surface area contributed by atoms with E-state index in [1.165, 1.54) is 0 Å². The van der Waals surface area contributed by atoms with Gasteiger partial charge in [-0.15, -0.1) is 0 Å². The van der Waals surface area contributed by atoms with E-state index in [0.717, 1.165) is 62.6 Å². The second-order valence-electron chi connectivity index (χ2n) is 6.41. The first-order valence-corrected chi connectivity index (χ1v) is 7.38. The van der Waals surface area contributed by atoms with Gasteiger partial charge in [0, 0.05) is 25.0 Å². The summed E-state index contributed by atoms with van der Waals surface area (Å²) in [6, 6.07) is 0. The Bertz CT molecular complexity index is 442. The molecule has 1 aromatic rings. The van der Waals surface area contributed by atoms with Gasteiger partial charge in [-0.3, -0.25) is 4.90 Å². The van der Waals surface area contributed by atoms with Gasteiger partial charge < -0.3 is 9.84 Å². The van der Waals surface area contributed by atoms with Crippen LogP contribution in [-0.2, 0) is 13.0 Å². The molecule has 2 unspecified atom stereocenters. The summed E-state index contributed by atoms with van der Waals surface area (Å²) in [5.41, 5.74) is 0.222. The van der Waals surface area contributed by atoms with Crippen molar-refractivity contribution in [2.75, 3.05) is 19.6 Å². The Morgan fingerprint density at radius 2 is 2.26 bits per heavy atom. The van der Waals surface area contributed by atoms with Crippen LogP contribution in [0.4, 0.5) is 0 Å². The van der Waals surface area contributed by atoms with E-state index in [9.17, 15) is 0 Å². The molecule has 0 aromatic carbocycles. The van der Waals surface area contributed by atoms with Gasteiger partial charge >= 0.3 is 0 Å². The van der Waals surface area contributed by atoms with E-state index in [1.54, 1.807) is 0 Å². The van der Waals surface area contributed by atoms with E-state index in [2.05, 4.69) is 41.1 Å². The monoisotopic (exact) mass is 264 g/mol. The highest BCUT2D eigenvalue weighted by molar-refractivity contribution is 5.05. The van der Waals surface area contributed by atoms with E-state index < -0.39 is 0 Å². The van der Waals surface area contributed by atoms with E-state index >= 15 is 0 Å². The maximum atomic E-state index is 5.28. The lowest BCUT2D eigenvalue weighted by molar-refractivity contribution is 0.127. The number of likely N-dealkylation sites (tertiary alicyclic amines) is 1. The predicted molar refractivity (Wildman–Crippen MR) is 72.6 cm³/mol. The lowest BCUT2D eigenvalue weighted by atomic mass is 9.85. The van der Waals surface area contributed by atoms with Gasteiger partial charge in [-0.2, -0.15) is 4.98 Å². The van der Waals surface area contributed by atoms with E-state index in [-0.39, 0.29) is 5.54 Å². The van der Waals surface area contributed by atoms with Crippen LogP contribution in [0, 0.1) is 11.8 Å². The summed E-state index contributed by atoms with van der Waals surface area (Å²) in [5.74, 6) is 3.13. The lowest BCUT2D eigenvalue weighted by Crippen LogP contribution is -2.44. The minimum Gasteiger partial charge on any atom is -0.339 e. The zero-order valence-corrected chi connectivity index (χ0v) is 12.1. The van der Waals surface area contributed by atoms with Crippen LogP contribution in [0.25, 0.3) is 0 Å². The van der Waals surface area contributed by atoms with Crippen LogP contribution in [0.1, 0.15) is 38.9 Å². The summed E-state index contributed by atoms with van der Waals surface area (Å²) in [4.78, 5) is 7.01. The summed E-state index contributed by atoms with van der Waals surface area (Å²) in [5, 5.41) is 7.62. The number of hydrogen-bond acceptors (Lipinski definition) is 5. The van der Waals surface area contributed by atoms with E-state index in [4.69, 9.17) is 4.52 Å². The third kappa shape index (κ3) is 2.30. The molecule has 2 fully saturated rings. The van der Waals surface area contributed by atoms with Crippen LogP contribution in [0.2, 0.25) is 0 Å². The molecule has 1 N–H and O–H groups in total. The molecular formula is C14H24N4O. The molecule has 2 aliphatic heterocycles. The van der Waals surface area contributed by atoms with Crippen molar-refractivity contribution in [1.82, 2.24) is 20.4 Å². The molecule has 2 saturated heterocycles. The molecule has 0 bridgehead atoms. The van der Waals surface area contributed by atoms with Crippen LogP contribution in [0.15, 0.2) is 4.52 Å². The van der Waals surface area contributed by atoms with Crippen molar-refractivity contribution in [2.45, 2.75) is 45.7 Å². The Hall–Kier alpha value is -0.940. The van der Waals surface area contributed by atoms with Gasteiger partial charge in [-0.1, -0.05) is 12.1 Å². The number of nitrogens with zero attached hydrogens (tertiary/aromatic N) is 3. The molecule has 19 heavy (non-hydrogen) atoms. The third-order valence-corrected chi connectivity index (χ3v) is 4.82. The topological polar surface area (TPSA) is 54.2 Å². The Balaban J connectivity index is 1.69. The van der Waals surface area contributed by atoms with Gasteiger partial charge in [0.1, 0.15) is 0 Å². The summed E-state index contributed by atoms with van der Waals surface area (Å²) in [6.45, 7) is 11.1. The second-order valence-corrected chi connectivity index (χ2v) is 6.41. The summed E-state index contributed by atoms with van der Waals surface area (Å²) in [7, 11) is 0. The quantitative estimate of drug-likeness (QED) is 0.892. The van der Waals surface area contributed by atoms with Crippen LogP contribution in [0.3, 0.4) is 0 Å². The molecule has 2 aliphatic rings. The SMILES string of the molecule is CCCc1nc(CN2CC3CNCC3C2(C)C)no1. The first-order valence-electron chi connectivity index (χ1n) is 7.38. The fourth-order valence-electron chi connectivity index (χ4n) is 3.61. The van der Waals surface area contributed by atoms with Crippen molar-refractivity contribution in [2.24, 2.45) is 11.8 Å². The average Bonchev–Trinajstić information content (AvgIpc) is 3.02. The lowest BCUT2D eigenvalue weighted by Gasteiger charge is -2.34. The zero-order valence-electron chi connectivity index (χ0n) is 12.1. The summed E-state index contributed by atoms with van der Waals surface area (Å²) in [6.07, 6.45) is 1.93. The highest BCUT2D eigenvalue weighted by atomic mass is 16.5. The Labute approximate surface area is 114 Å². The Kier molecular flexibility index (Phi) is 3.35. The van der Waals surface area contributed by atoms with Crippen molar-refractivity contribution in [1.29, 1.82) is 0 Å². The number of fused-ring (bicyclic) bond motifs is 1. The number of hydrogen-bond donors (Lipinski definition) is 1. The molecule has 0 saturated carbocycles. The molecule has 0 spiro atoms. The molecule has 0 radical (unpaired) electrons. The maximum Gasteiger partial charge on any atom is 0.226 e. The smallest absolute Gasteiger partial charge is 0.226 e. The van der Waals surface area contributed by atoms with E-state index in [1.807, 2.05) is 0 Å². The summed E-state index contributed by atoms with van der Waals surface area (Å²) >= 11 is 0. The highest BCUT2D eigenvalue weighted by Gasteiger charge is 2.49.